The highest BCUT2D eigenvalue weighted by Gasteiger charge is 2.36. The number of hydrogen-bond donors (Lipinski definition) is 0. The number of alkyl halides is 1. The van der Waals surface area contributed by atoms with Gasteiger partial charge in [0.15, 0.2) is 0 Å². The number of ketones is 1. The van der Waals surface area contributed by atoms with Gasteiger partial charge in [-0.05, 0) is 12.1 Å². The van der Waals surface area contributed by atoms with Crippen molar-refractivity contribution in [3.05, 3.63) is 28.8 Å². The lowest BCUT2D eigenvalue weighted by molar-refractivity contribution is -0.114. The minimum Gasteiger partial charge on any atom is -0.304 e. The molecule has 0 spiro atoms. The van der Waals surface area contributed by atoms with Gasteiger partial charge in [0.05, 0.1) is 16.3 Å². The molecule has 3 nitrogen and oxygen atoms in total. The van der Waals surface area contributed by atoms with Gasteiger partial charge >= 0.3 is 0 Å². The molecule has 0 unspecified atom stereocenters. The second-order valence-corrected chi connectivity index (χ2v) is 3.89. The van der Waals surface area contributed by atoms with Gasteiger partial charge < -0.3 is 4.90 Å². The van der Waals surface area contributed by atoms with Crippen LogP contribution in [0.3, 0.4) is 0 Å². The second kappa shape index (κ2) is 3.83. The van der Waals surface area contributed by atoms with Crippen molar-refractivity contribution in [2.45, 2.75) is 0 Å². The molecule has 0 bridgehead atoms. The molecule has 0 atom stereocenters. The molecule has 0 fully saturated rings. The summed E-state index contributed by atoms with van der Waals surface area (Å²) in [6.45, 7) is 0.319. The Morgan fingerprint density at radius 3 is 2.67 bits per heavy atom. The third-order valence-corrected chi connectivity index (χ3v) is 2.74. The van der Waals surface area contributed by atoms with Gasteiger partial charge in [0, 0.05) is 12.4 Å². The van der Waals surface area contributed by atoms with E-state index in [1.165, 1.54) is 4.90 Å². The molecule has 0 N–H and O–H groups in total. The van der Waals surface area contributed by atoms with Crippen LogP contribution in [0.25, 0.3) is 0 Å². The van der Waals surface area contributed by atoms with Crippen molar-refractivity contribution in [2.24, 2.45) is 0 Å². The van der Waals surface area contributed by atoms with E-state index >= 15 is 0 Å². The Hall–Kier alpha value is -1.06. The van der Waals surface area contributed by atoms with E-state index < -0.39 is 11.7 Å². The van der Waals surface area contributed by atoms with Crippen molar-refractivity contribution in [1.82, 2.24) is 0 Å². The number of hydrogen-bond acceptors (Lipinski definition) is 2. The van der Waals surface area contributed by atoms with E-state index in [9.17, 15) is 9.59 Å². The number of carbonyl (C=O) groups excluding carboxylic acids is 2. The molecule has 0 aliphatic carbocycles. The summed E-state index contributed by atoms with van der Waals surface area (Å²) in [7, 11) is 0. The maximum atomic E-state index is 11.6. The predicted molar refractivity (Wildman–Crippen MR) is 58.9 cm³/mol. The van der Waals surface area contributed by atoms with E-state index in [0.717, 1.165) is 0 Å². The molecule has 2 rings (SSSR count). The number of benzene rings is 1. The van der Waals surface area contributed by atoms with Crippen LogP contribution in [0.2, 0.25) is 5.02 Å². The van der Waals surface area contributed by atoms with Crippen LogP contribution in [0, 0.1) is 0 Å². The van der Waals surface area contributed by atoms with Crippen molar-refractivity contribution < 1.29 is 9.59 Å². The topological polar surface area (TPSA) is 37.4 Å². The molecule has 1 aliphatic heterocycles. The molecule has 1 aromatic carbocycles. The lowest BCUT2D eigenvalue weighted by atomic mass is 10.1. The number of nitrogens with zero attached hydrogens (tertiary/aromatic N) is 1. The van der Waals surface area contributed by atoms with Crippen LogP contribution < -0.4 is 4.90 Å². The molecular weight excluding hydrogens is 237 g/mol. The van der Waals surface area contributed by atoms with Gasteiger partial charge in [-0.1, -0.05) is 17.7 Å². The molecule has 0 aromatic heterocycles. The average molecular weight is 244 g/mol. The monoisotopic (exact) mass is 243 g/mol. The molecule has 0 radical (unpaired) electrons. The van der Waals surface area contributed by atoms with Gasteiger partial charge in [-0.25, -0.2) is 0 Å². The Morgan fingerprint density at radius 1 is 1.27 bits per heavy atom. The van der Waals surface area contributed by atoms with Gasteiger partial charge in [0.25, 0.3) is 11.7 Å². The molecule has 1 heterocycles. The molecular formula is C10H7Cl2NO2. The van der Waals surface area contributed by atoms with Gasteiger partial charge in [0.2, 0.25) is 0 Å². The SMILES string of the molecule is O=C1C(=O)N(CCCl)c2cccc(Cl)c21. The highest BCUT2D eigenvalue weighted by molar-refractivity contribution is 6.55. The van der Waals surface area contributed by atoms with E-state index in [-0.39, 0.29) is 11.4 Å². The maximum Gasteiger partial charge on any atom is 0.299 e. The minimum atomic E-state index is -0.557. The van der Waals surface area contributed by atoms with E-state index in [0.29, 0.717) is 17.3 Å². The van der Waals surface area contributed by atoms with Gasteiger partial charge in [-0.2, -0.15) is 0 Å². The number of anilines is 1. The number of fused-ring (bicyclic) bond motifs is 1. The van der Waals surface area contributed by atoms with Gasteiger partial charge in [-0.15, -0.1) is 11.6 Å². The van der Waals surface area contributed by atoms with Crippen molar-refractivity contribution >= 4 is 40.6 Å². The molecule has 0 saturated heterocycles. The minimum absolute atomic E-state index is 0.283. The first-order valence-electron chi connectivity index (χ1n) is 4.37. The largest absolute Gasteiger partial charge is 0.304 e. The summed E-state index contributed by atoms with van der Waals surface area (Å²) < 4.78 is 0. The summed E-state index contributed by atoms with van der Waals surface area (Å²) in [6.07, 6.45) is 0. The van der Waals surface area contributed by atoms with E-state index in [4.69, 9.17) is 23.2 Å². The third kappa shape index (κ3) is 1.52. The van der Waals surface area contributed by atoms with Crippen molar-refractivity contribution in [2.75, 3.05) is 17.3 Å². The molecule has 0 saturated carbocycles. The lowest BCUT2D eigenvalue weighted by Gasteiger charge is -2.14. The number of rotatable bonds is 2. The van der Waals surface area contributed by atoms with E-state index in [1.807, 2.05) is 0 Å². The predicted octanol–water partition coefficient (Wildman–Crippen LogP) is 2.11. The van der Waals surface area contributed by atoms with Gasteiger partial charge in [0.1, 0.15) is 0 Å². The first-order chi connectivity index (χ1) is 7.16. The Labute approximate surface area is 96.6 Å². The third-order valence-electron chi connectivity index (χ3n) is 2.26. The Balaban J connectivity index is 2.55. The quantitative estimate of drug-likeness (QED) is 0.590. The van der Waals surface area contributed by atoms with Crippen molar-refractivity contribution in [1.29, 1.82) is 0 Å². The zero-order valence-corrected chi connectivity index (χ0v) is 9.18. The fourth-order valence-corrected chi connectivity index (χ4v) is 2.03. The zero-order chi connectivity index (χ0) is 11.0. The van der Waals surface area contributed by atoms with Crippen molar-refractivity contribution in [3.63, 3.8) is 0 Å². The van der Waals surface area contributed by atoms with Gasteiger partial charge in [-0.3, -0.25) is 9.59 Å². The van der Waals surface area contributed by atoms with Crippen molar-refractivity contribution in [3.8, 4) is 0 Å². The first kappa shape index (κ1) is 10.5. The summed E-state index contributed by atoms with van der Waals surface area (Å²) in [5.41, 5.74) is 0.840. The van der Waals surface area contributed by atoms with Crippen LogP contribution in [-0.2, 0) is 4.79 Å². The summed E-state index contributed by atoms with van der Waals surface area (Å²) in [6, 6.07) is 4.99. The van der Waals surface area contributed by atoms with Crippen LogP contribution in [-0.4, -0.2) is 24.1 Å². The summed E-state index contributed by atoms with van der Waals surface area (Å²) >= 11 is 11.4. The van der Waals surface area contributed by atoms with E-state index in [2.05, 4.69) is 0 Å². The summed E-state index contributed by atoms with van der Waals surface area (Å²) in [5, 5.41) is 0.308. The molecule has 78 valence electrons. The molecule has 1 aliphatic rings. The molecule has 1 aromatic rings. The molecule has 5 heteroatoms. The van der Waals surface area contributed by atoms with Crippen LogP contribution in [0.4, 0.5) is 5.69 Å². The van der Waals surface area contributed by atoms with Crippen LogP contribution in [0.1, 0.15) is 10.4 Å². The fourth-order valence-electron chi connectivity index (χ4n) is 1.61. The number of amides is 1. The molecule has 1 amide bonds. The number of carbonyl (C=O) groups is 2. The second-order valence-electron chi connectivity index (χ2n) is 3.11. The van der Waals surface area contributed by atoms with Crippen LogP contribution in [0.15, 0.2) is 18.2 Å². The Kier molecular flexibility index (Phi) is 2.67. The lowest BCUT2D eigenvalue weighted by Crippen LogP contribution is -2.31. The number of Topliss-reactive ketones (excluding diaryl/α,β-unsaturated/α-hetero) is 1. The maximum absolute atomic E-state index is 11.6. The summed E-state index contributed by atoms with van der Waals surface area (Å²) in [5.74, 6) is -0.829. The van der Waals surface area contributed by atoms with Crippen LogP contribution >= 0.6 is 23.2 Å². The Morgan fingerprint density at radius 2 is 2.00 bits per heavy atom. The average Bonchev–Trinajstić information content (AvgIpc) is 2.45. The van der Waals surface area contributed by atoms with Crippen LogP contribution in [0.5, 0.6) is 0 Å². The van der Waals surface area contributed by atoms with E-state index in [1.54, 1.807) is 18.2 Å². The highest BCUT2D eigenvalue weighted by atomic mass is 35.5. The zero-order valence-electron chi connectivity index (χ0n) is 7.67. The number of halogens is 2. The smallest absolute Gasteiger partial charge is 0.299 e. The summed E-state index contributed by atoms with van der Waals surface area (Å²) in [4.78, 5) is 24.5. The highest BCUT2D eigenvalue weighted by Crippen LogP contribution is 2.33. The normalized spacial score (nSPS) is 14.7. The fraction of sp³-hybridized carbons (Fsp3) is 0.200. The first-order valence-corrected chi connectivity index (χ1v) is 5.28. The standard InChI is InChI=1S/C10H7Cl2NO2/c11-4-5-13-7-3-1-2-6(12)8(7)9(14)10(13)15/h1-3H,4-5H2. The molecule has 15 heavy (non-hydrogen) atoms. The Bertz CT molecular complexity index is 445.